The molecule has 0 aliphatic heterocycles. The van der Waals surface area contributed by atoms with Gasteiger partial charge in [0.1, 0.15) is 5.82 Å². The van der Waals surface area contributed by atoms with Gasteiger partial charge in [-0.25, -0.2) is 17.5 Å². The van der Waals surface area contributed by atoms with Gasteiger partial charge in [-0.2, -0.15) is 0 Å². The minimum Gasteiger partial charge on any atom is -0.466 e. The predicted molar refractivity (Wildman–Crippen MR) is 75.0 cm³/mol. The number of anilines is 1. The zero-order chi connectivity index (χ0) is 15.3. The monoisotopic (exact) mass is 368 g/mol. The van der Waals surface area contributed by atoms with Crippen LogP contribution in [0.3, 0.4) is 0 Å². The van der Waals surface area contributed by atoms with Crippen LogP contribution in [0.25, 0.3) is 0 Å². The first-order valence-corrected chi connectivity index (χ1v) is 7.95. The zero-order valence-electron chi connectivity index (χ0n) is 10.7. The number of sulfonamides is 1. The Kier molecular flexibility index (Phi) is 5.90. The van der Waals surface area contributed by atoms with E-state index in [2.05, 4.69) is 25.4 Å². The summed E-state index contributed by atoms with van der Waals surface area (Å²) >= 11 is 2.96. The van der Waals surface area contributed by atoms with E-state index in [0.29, 0.717) is 0 Å². The van der Waals surface area contributed by atoms with E-state index in [4.69, 9.17) is 5.73 Å². The summed E-state index contributed by atoms with van der Waals surface area (Å²) in [5.41, 5.74) is 5.06. The number of carbonyl (C=O) groups is 1. The number of ether oxygens (including phenoxy) is 1. The summed E-state index contributed by atoms with van der Waals surface area (Å²) in [6.07, 6.45) is -0.0959. The highest BCUT2D eigenvalue weighted by molar-refractivity contribution is 9.10. The van der Waals surface area contributed by atoms with Crippen molar-refractivity contribution < 1.29 is 22.3 Å². The first-order chi connectivity index (χ1) is 9.27. The molecule has 0 unspecified atom stereocenters. The molecule has 0 bridgehead atoms. The van der Waals surface area contributed by atoms with Gasteiger partial charge in [0.15, 0.2) is 0 Å². The number of hydrogen-bond donors (Lipinski definition) is 2. The number of halogens is 2. The van der Waals surface area contributed by atoms with Crippen molar-refractivity contribution in [1.82, 2.24) is 4.72 Å². The standard InChI is InChI=1S/C11H14BrFN2O4S/c1-2-19-11(16)3-4-15-20(17,18)10-6-9(14)8(13)5-7(10)12/h5-6,15H,2-4,14H2,1H3. The van der Waals surface area contributed by atoms with Gasteiger partial charge in [-0.05, 0) is 35.0 Å². The van der Waals surface area contributed by atoms with Crippen molar-refractivity contribution in [2.75, 3.05) is 18.9 Å². The van der Waals surface area contributed by atoms with Gasteiger partial charge in [-0.1, -0.05) is 0 Å². The molecule has 0 aliphatic carbocycles. The number of rotatable bonds is 6. The van der Waals surface area contributed by atoms with Crippen molar-refractivity contribution in [2.24, 2.45) is 0 Å². The lowest BCUT2D eigenvalue weighted by atomic mass is 10.3. The second-order valence-corrected chi connectivity index (χ2v) is 6.35. The highest BCUT2D eigenvalue weighted by atomic mass is 79.9. The molecule has 0 heterocycles. The van der Waals surface area contributed by atoms with Crippen molar-refractivity contribution >= 4 is 37.6 Å². The topological polar surface area (TPSA) is 98.5 Å². The maximum Gasteiger partial charge on any atom is 0.307 e. The van der Waals surface area contributed by atoms with E-state index < -0.39 is 21.8 Å². The lowest BCUT2D eigenvalue weighted by Gasteiger charge is -2.09. The molecular weight excluding hydrogens is 355 g/mol. The molecule has 1 aromatic carbocycles. The molecular formula is C11H14BrFN2O4S. The summed E-state index contributed by atoms with van der Waals surface area (Å²) in [7, 11) is -3.89. The summed E-state index contributed by atoms with van der Waals surface area (Å²) < 4.78 is 44.1. The number of hydrogen-bond acceptors (Lipinski definition) is 5. The lowest BCUT2D eigenvalue weighted by molar-refractivity contribution is -0.142. The second kappa shape index (κ2) is 7.00. The van der Waals surface area contributed by atoms with E-state index in [1.165, 1.54) is 0 Å². The number of nitrogens with two attached hydrogens (primary N) is 1. The van der Waals surface area contributed by atoms with Crippen LogP contribution >= 0.6 is 15.9 Å². The van der Waals surface area contributed by atoms with E-state index >= 15 is 0 Å². The first-order valence-electron chi connectivity index (χ1n) is 5.67. The van der Waals surface area contributed by atoms with Gasteiger partial charge in [0.25, 0.3) is 0 Å². The quantitative estimate of drug-likeness (QED) is 0.584. The van der Waals surface area contributed by atoms with E-state index in [1.54, 1.807) is 6.92 Å². The Labute approximate surface area is 124 Å². The van der Waals surface area contributed by atoms with Crippen LogP contribution in [0.4, 0.5) is 10.1 Å². The van der Waals surface area contributed by atoms with Crippen LogP contribution < -0.4 is 10.5 Å². The van der Waals surface area contributed by atoms with Crippen LogP contribution in [0.5, 0.6) is 0 Å². The summed E-state index contributed by atoms with van der Waals surface area (Å²) in [5.74, 6) is -1.23. The van der Waals surface area contributed by atoms with Crippen LogP contribution in [0.2, 0.25) is 0 Å². The largest absolute Gasteiger partial charge is 0.466 e. The molecule has 0 fully saturated rings. The summed E-state index contributed by atoms with van der Waals surface area (Å²) in [5, 5.41) is 0. The fourth-order valence-corrected chi connectivity index (χ4v) is 3.43. The molecule has 1 aromatic rings. The third-order valence-electron chi connectivity index (χ3n) is 2.27. The van der Waals surface area contributed by atoms with E-state index in [9.17, 15) is 17.6 Å². The summed E-state index contributed by atoms with van der Waals surface area (Å²) in [6.45, 7) is 1.76. The molecule has 0 saturated carbocycles. The van der Waals surface area contributed by atoms with Crippen molar-refractivity contribution in [2.45, 2.75) is 18.2 Å². The maximum absolute atomic E-state index is 13.2. The maximum atomic E-state index is 13.2. The van der Waals surface area contributed by atoms with Gasteiger partial charge >= 0.3 is 5.97 Å². The minimum absolute atomic E-state index is 0.0489. The van der Waals surface area contributed by atoms with E-state index in [-0.39, 0.29) is 34.6 Å². The summed E-state index contributed by atoms with van der Waals surface area (Å²) in [4.78, 5) is 10.9. The molecule has 0 aromatic heterocycles. The molecule has 6 nitrogen and oxygen atoms in total. The van der Waals surface area contributed by atoms with Crippen molar-refractivity contribution in [1.29, 1.82) is 0 Å². The highest BCUT2D eigenvalue weighted by Crippen LogP contribution is 2.26. The second-order valence-electron chi connectivity index (χ2n) is 3.76. The Morgan fingerprint density at radius 1 is 1.50 bits per heavy atom. The Bertz CT molecular complexity index is 607. The van der Waals surface area contributed by atoms with Crippen LogP contribution in [-0.4, -0.2) is 27.5 Å². The van der Waals surface area contributed by atoms with E-state index in [0.717, 1.165) is 12.1 Å². The molecule has 20 heavy (non-hydrogen) atoms. The number of benzene rings is 1. The van der Waals surface area contributed by atoms with Crippen molar-refractivity contribution in [3.63, 3.8) is 0 Å². The molecule has 9 heteroatoms. The Balaban J connectivity index is 2.79. The molecule has 112 valence electrons. The Hall–Kier alpha value is -1.19. The van der Waals surface area contributed by atoms with Crippen LogP contribution in [-0.2, 0) is 19.6 Å². The summed E-state index contributed by atoms with van der Waals surface area (Å²) in [6, 6.07) is 1.97. The van der Waals surface area contributed by atoms with Crippen molar-refractivity contribution in [3.05, 3.63) is 22.4 Å². The number of carbonyl (C=O) groups excluding carboxylic acids is 1. The lowest BCUT2D eigenvalue weighted by Crippen LogP contribution is -2.27. The number of nitrogen functional groups attached to an aromatic ring is 1. The van der Waals surface area contributed by atoms with Gasteiger partial charge in [0, 0.05) is 11.0 Å². The molecule has 0 radical (unpaired) electrons. The molecule has 0 saturated heterocycles. The average molecular weight is 369 g/mol. The normalized spacial score (nSPS) is 11.3. The van der Waals surface area contributed by atoms with Gasteiger partial charge in [-0.3, -0.25) is 4.79 Å². The fourth-order valence-electron chi connectivity index (χ4n) is 1.35. The van der Waals surface area contributed by atoms with Gasteiger partial charge < -0.3 is 10.5 Å². The van der Waals surface area contributed by atoms with Gasteiger partial charge in [-0.15, -0.1) is 0 Å². The molecule has 0 aliphatic rings. The Morgan fingerprint density at radius 3 is 2.75 bits per heavy atom. The minimum atomic E-state index is -3.89. The van der Waals surface area contributed by atoms with Crippen LogP contribution in [0.1, 0.15) is 13.3 Å². The number of esters is 1. The highest BCUT2D eigenvalue weighted by Gasteiger charge is 2.19. The first kappa shape index (κ1) is 16.9. The SMILES string of the molecule is CCOC(=O)CCNS(=O)(=O)c1cc(N)c(F)cc1Br. The average Bonchev–Trinajstić information content (AvgIpc) is 2.33. The molecule has 0 atom stereocenters. The molecule has 0 amide bonds. The number of nitrogens with one attached hydrogen (secondary N) is 1. The fraction of sp³-hybridized carbons (Fsp3) is 0.364. The van der Waals surface area contributed by atoms with Gasteiger partial charge in [0.05, 0.1) is 23.6 Å². The van der Waals surface area contributed by atoms with Crippen molar-refractivity contribution in [3.8, 4) is 0 Å². The third kappa shape index (κ3) is 4.43. The zero-order valence-corrected chi connectivity index (χ0v) is 13.1. The Morgan fingerprint density at radius 2 is 2.15 bits per heavy atom. The van der Waals surface area contributed by atoms with Crippen LogP contribution in [0, 0.1) is 5.82 Å². The van der Waals surface area contributed by atoms with Crippen LogP contribution in [0.15, 0.2) is 21.5 Å². The van der Waals surface area contributed by atoms with Gasteiger partial charge in [0.2, 0.25) is 10.0 Å². The third-order valence-corrected chi connectivity index (χ3v) is 4.69. The molecule has 0 spiro atoms. The van der Waals surface area contributed by atoms with E-state index in [1.807, 2.05) is 0 Å². The molecule has 1 rings (SSSR count). The predicted octanol–water partition coefficient (Wildman–Crippen LogP) is 1.40. The smallest absolute Gasteiger partial charge is 0.307 e. The molecule has 3 N–H and O–H groups in total.